The fourth-order valence-corrected chi connectivity index (χ4v) is 3.38. The van der Waals surface area contributed by atoms with Gasteiger partial charge in [-0.1, -0.05) is 46.8 Å². The Kier molecular flexibility index (Phi) is 2.45. The second-order valence-electron chi connectivity index (χ2n) is 6.60. The maximum atomic E-state index is 3.37. The first-order chi connectivity index (χ1) is 7.27. The van der Waals surface area contributed by atoms with Gasteiger partial charge in [0.05, 0.1) is 0 Å². The minimum absolute atomic E-state index is 0.284. The fraction of sp³-hybridized carbons (Fsp3) is 0.625. The van der Waals surface area contributed by atoms with Crippen LogP contribution in [-0.4, -0.2) is 0 Å². The summed E-state index contributed by atoms with van der Waals surface area (Å²) in [7, 11) is 0. The van der Waals surface area contributed by atoms with E-state index in [0.29, 0.717) is 5.41 Å². The quantitative estimate of drug-likeness (QED) is 0.602. The molecule has 0 fully saturated rings. The summed E-state index contributed by atoms with van der Waals surface area (Å²) in [6, 6.07) is 7.73. The Morgan fingerprint density at radius 3 is 2.50 bits per heavy atom. The first-order valence-electron chi connectivity index (χ1n) is 6.29. The van der Waals surface area contributed by atoms with Gasteiger partial charge in [-0.15, -0.1) is 0 Å². The lowest BCUT2D eigenvalue weighted by Crippen LogP contribution is -2.40. The highest BCUT2D eigenvalue weighted by Crippen LogP contribution is 2.49. The third kappa shape index (κ3) is 1.50. The molecule has 87 valence electrons. The third-order valence-corrected chi connectivity index (χ3v) is 4.62. The van der Waals surface area contributed by atoms with Gasteiger partial charge in [-0.3, -0.25) is 0 Å². The third-order valence-electron chi connectivity index (χ3n) is 4.62. The number of rotatable bonds is 0. The molecule has 1 atom stereocenters. The van der Waals surface area contributed by atoms with E-state index < -0.39 is 0 Å². The largest absolute Gasteiger partial charge is 0.0616 e. The normalized spacial score (nSPS) is 26.2. The SMILES string of the molecule is Cc1[c]ccc2c1C(C)(C)C(C)CC2(C)C. The summed E-state index contributed by atoms with van der Waals surface area (Å²) < 4.78 is 0. The van der Waals surface area contributed by atoms with Crippen LogP contribution >= 0.6 is 0 Å². The van der Waals surface area contributed by atoms with Gasteiger partial charge in [0.1, 0.15) is 0 Å². The lowest BCUT2D eigenvalue weighted by Gasteiger charge is -2.47. The van der Waals surface area contributed by atoms with Crippen molar-refractivity contribution in [2.45, 2.75) is 58.8 Å². The molecule has 1 unspecified atom stereocenters. The van der Waals surface area contributed by atoms with Gasteiger partial charge >= 0.3 is 0 Å². The Balaban J connectivity index is 2.73. The van der Waals surface area contributed by atoms with Crippen molar-refractivity contribution in [2.24, 2.45) is 5.92 Å². The number of benzene rings is 1. The van der Waals surface area contributed by atoms with Crippen molar-refractivity contribution < 1.29 is 0 Å². The Labute approximate surface area is 100 Å². The predicted molar refractivity (Wildman–Crippen MR) is 69.8 cm³/mol. The van der Waals surface area contributed by atoms with Gasteiger partial charge in [0.15, 0.2) is 0 Å². The number of fused-ring (bicyclic) bond motifs is 1. The molecule has 16 heavy (non-hydrogen) atoms. The molecule has 0 saturated carbocycles. The number of aryl methyl sites for hydroxylation is 1. The van der Waals surface area contributed by atoms with E-state index in [2.05, 4.69) is 59.7 Å². The molecule has 0 aliphatic heterocycles. The second kappa shape index (κ2) is 3.35. The Hall–Kier alpha value is -0.780. The summed E-state index contributed by atoms with van der Waals surface area (Å²) >= 11 is 0. The molecule has 1 radical (unpaired) electrons. The summed E-state index contributed by atoms with van der Waals surface area (Å²) in [4.78, 5) is 0. The van der Waals surface area contributed by atoms with Crippen LogP contribution in [0, 0.1) is 18.9 Å². The van der Waals surface area contributed by atoms with Gasteiger partial charge < -0.3 is 0 Å². The first-order valence-corrected chi connectivity index (χ1v) is 6.29. The Morgan fingerprint density at radius 1 is 1.25 bits per heavy atom. The summed E-state index contributed by atoms with van der Waals surface area (Å²) in [5, 5.41) is 0. The lowest BCUT2D eigenvalue weighted by atomic mass is 9.57. The zero-order valence-corrected chi connectivity index (χ0v) is 11.4. The van der Waals surface area contributed by atoms with Crippen molar-refractivity contribution in [2.75, 3.05) is 0 Å². The van der Waals surface area contributed by atoms with Gasteiger partial charge in [-0.2, -0.15) is 0 Å². The lowest BCUT2D eigenvalue weighted by molar-refractivity contribution is 0.232. The van der Waals surface area contributed by atoms with E-state index >= 15 is 0 Å². The number of hydrogen-bond donors (Lipinski definition) is 0. The summed E-state index contributed by atoms with van der Waals surface area (Å²) in [5.74, 6) is 0.726. The summed E-state index contributed by atoms with van der Waals surface area (Å²) in [5.41, 5.74) is 5.00. The minimum Gasteiger partial charge on any atom is -0.0616 e. The molecule has 0 saturated heterocycles. The molecule has 0 spiro atoms. The predicted octanol–water partition coefficient (Wildman–Crippen LogP) is 4.39. The molecular weight excluding hydrogens is 192 g/mol. The van der Waals surface area contributed by atoms with E-state index in [-0.39, 0.29) is 5.41 Å². The van der Waals surface area contributed by atoms with Crippen LogP contribution in [0.3, 0.4) is 0 Å². The van der Waals surface area contributed by atoms with Gasteiger partial charge in [-0.05, 0) is 52.8 Å². The monoisotopic (exact) mass is 215 g/mol. The van der Waals surface area contributed by atoms with Crippen LogP contribution in [0.2, 0.25) is 0 Å². The first kappa shape index (κ1) is 11.7. The zero-order valence-electron chi connectivity index (χ0n) is 11.4. The summed E-state index contributed by atoms with van der Waals surface area (Å²) in [6.45, 7) is 14.1. The smallest absolute Gasteiger partial charge is 0.00719 e. The topological polar surface area (TPSA) is 0 Å². The van der Waals surface area contributed by atoms with Crippen molar-refractivity contribution in [1.82, 2.24) is 0 Å². The van der Waals surface area contributed by atoms with Crippen LogP contribution in [0.5, 0.6) is 0 Å². The van der Waals surface area contributed by atoms with Crippen LogP contribution in [0.1, 0.15) is 57.7 Å². The fourth-order valence-electron chi connectivity index (χ4n) is 3.38. The molecule has 0 heterocycles. The maximum absolute atomic E-state index is 3.37. The van der Waals surface area contributed by atoms with Gasteiger partial charge in [0.25, 0.3) is 0 Å². The van der Waals surface area contributed by atoms with Crippen LogP contribution in [0.25, 0.3) is 0 Å². The Bertz CT molecular complexity index is 410. The molecular formula is C16H23. The molecule has 1 aliphatic carbocycles. The molecule has 0 heteroatoms. The average Bonchev–Trinajstić information content (AvgIpc) is 2.14. The molecule has 1 aromatic rings. The van der Waals surface area contributed by atoms with Gasteiger partial charge in [0.2, 0.25) is 0 Å². The molecule has 1 aliphatic rings. The second-order valence-corrected chi connectivity index (χ2v) is 6.60. The van der Waals surface area contributed by atoms with Crippen LogP contribution in [0.15, 0.2) is 12.1 Å². The molecule has 0 N–H and O–H groups in total. The van der Waals surface area contributed by atoms with Crippen LogP contribution in [-0.2, 0) is 10.8 Å². The molecule has 0 aromatic heterocycles. The van der Waals surface area contributed by atoms with E-state index in [9.17, 15) is 0 Å². The zero-order chi connectivity index (χ0) is 12.1. The van der Waals surface area contributed by atoms with Gasteiger partial charge in [-0.25, -0.2) is 0 Å². The van der Waals surface area contributed by atoms with E-state index in [1.165, 1.54) is 17.5 Å². The van der Waals surface area contributed by atoms with E-state index in [0.717, 1.165) is 5.92 Å². The Morgan fingerprint density at radius 2 is 1.88 bits per heavy atom. The van der Waals surface area contributed by atoms with Crippen LogP contribution < -0.4 is 0 Å². The molecule has 0 nitrogen and oxygen atoms in total. The van der Waals surface area contributed by atoms with Gasteiger partial charge in [0, 0.05) is 0 Å². The van der Waals surface area contributed by atoms with E-state index in [1.807, 2.05) is 0 Å². The molecule has 0 amide bonds. The molecule has 0 bridgehead atoms. The summed E-state index contributed by atoms with van der Waals surface area (Å²) in [6.07, 6.45) is 1.27. The standard InChI is InChI=1S/C16H23/c1-11-8-7-9-13-14(11)16(5,6)12(2)10-15(13,3)4/h7,9,12H,10H2,1-6H3. The van der Waals surface area contributed by atoms with Crippen molar-refractivity contribution in [1.29, 1.82) is 0 Å². The van der Waals surface area contributed by atoms with Crippen molar-refractivity contribution in [3.63, 3.8) is 0 Å². The van der Waals surface area contributed by atoms with E-state index in [1.54, 1.807) is 5.56 Å². The van der Waals surface area contributed by atoms with Crippen molar-refractivity contribution >= 4 is 0 Å². The van der Waals surface area contributed by atoms with E-state index in [4.69, 9.17) is 0 Å². The van der Waals surface area contributed by atoms with Crippen molar-refractivity contribution in [3.05, 3.63) is 34.9 Å². The highest BCUT2D eigenvalue weighted by molar-refractivity contribution is 5.46. The molecule has 1 aromatic carbocycles. The molecule has 2 rings (SSSR count). The van der Waals surface area contributed by atoms with Crippen molar-refractivity contribution in [3.8, 4) is 0 Å². The van der Waals surface area contributed by atoms with Crippen LogP contribution in [0.4, 0.5) is 0 Å². The highest BCUT2D eigenvalue weighted by atomic mass is 14.5. The average molecular weight is 215 g/mol. The maximum Gasteiger partial charge on any atom is -0.00719 e. The minimum atomic E-state index is 0.284. The number of hydrogen-bond acceptors (Lipinski definition) is 0. The highest BCUT2D eigenvalue weighted by Gasteiger charge is 2.42.